The number of carbonyl (C=O) groups excluding carboxylic acids is 8. The van der Waals surface area contributed by atoms with Crippen molar-refractivity contribution in [3.05, 3.63) is 76.6 Å². The summed E-state index contributed by atoms with van der Waals surface area (Å²) in [5.74, 6) is 1.72. The van der Waals surface area contributed by atoms with Gasteiger partial charge in [0.25, 0.3) is 0 Å². The summed E-state index contributed by atoms with van der Waals surface area (Å²) < 4.78 is 102. The average Bonchev–Trinajstić information content (AvgIpc) is 1.27. The number of fused-ring (bicyclic) bond motifs is 3. The number of urea groups is 1. The molecule has 25 N–H and O–H groups in total. The summed E-state index contributed by atoms with van der Waals surface area (Å²) in [5, 5.41) is 220. The maximum absolute atomic E-state index is 14.4. The summed E-state index contributed by atoms with van der Waals surface area (Å²) in [6.45, 7) is -1.09. The number of primary amides is 1. The van der Waals surface area contributed by atoms with Crippen LogP contribution in [0.15, 0.2) is 48.5 Å². The molecule has 830 valence electrons. The number of ketones is 1. The molecule has 31 unspecified atom stereocenters. The molecule has 27 rings (SSSR count). The molecule has 12 bridgehead atoms. The van der Waals surface area contributed by atoms with Crippen LogP contribution in [0.2, 0.25) is 0 Å². The summed E-state index contributed by atoms with van der Waals surface area (Å²) in [4.78, 5) is 108. The van der Waals surface area contributed by atoms with Gasteiger partial charge in [0, 0.05) is 69.4 Å². The SMILES string of the molecule is CNC(=O)[C@H](CCCNC(N)=O)CC(=O)[C@@H](NC(=O)[C@@H](CCCCNC(=O)COC1CCCCCc2c1nnn2CC1OC2OC3C(CO)OC(OC4C(CO)OC(OC5C(CO)OC(OC6C(CO)OC(OC7C(CO)OC(OC1C(O)C2O)C(O)C7O)C(O)C6O)C(O)C5O)C(O)C4O)C(O)C3O)NC(=O)CCOCCOCCOCCOCCNC(=O)CCC(=O)N1Cc2ccccc2C#Cc2ccccc21)C(C)C. The normalized spacial score (nSPS) is 33.0. The van der Waals surface area contributed by atoms with Crippen molar-refractivity contribution in [1.82, 2.24) is 46.9 Å². The van der Waals surface area contributed by atoms with Gasteiger partial charge < -0.3 is 210 Å². The molecule has 1 aromatic heterocycles. The Balaban J connectivity index is 0.651. The molecule has 23 aliphatic heterocycles. The third-order valence-corrected chi connectivity index (χ3v) is 27.0. The topological polar surface area (TPSA) is 770 Å². The number of aliphatic hydroxyl groups excluding tert-OH is 17. The molecule has 0 saturated carbocycles. The maximum Gasteiger partial charge on any atom is 0.312 e. The van der Waals surface area contributed by atoms with Crippen LogP contribution in [0.5, 0.6) is 0 Å². The first-order valence-corrected chi connectivity index (χ1v) is 50.0. The Morgan fingerprint density at radius 2 is 0.905 bits per heavy atom. The van der Waals surface area contributed by atoms with Gasteiger partial charge in [-0.2, -0.15) is 0 Å². The summed E-state index contributed by atoms with van der Waals surface area (Å²) in [5.41, 5.74) is 8.98. The van der Waals surface area contributed by atoms with Gasteiger partial charge >= 0.3 is 6.03 Å². The molecule has 22 saturated heterocycles. The minimum absolute atomic E-state index is 0.00201. The number of hydrogen-bond donors (Lipinski definition) is 24. The van der Waals surface area contributed by atoms with E-state index in [4.69, 9.17) is 86.3 Å². The molecule has 34 atom stereocenters. The van der Waals surface area contributed by atoms with Gasteiger partial charge in [-0.15, -0.1) is 5.10 Å². The van der Waals surface area contributed by atoms with Gasteiger partial charge in [0.1, 0.15) is 171 Å². The van der Waals surface area contributed by atoms with Crippen LogP contribution >= 0.6 is 0 Å². The van der Waals surface area contributed by atoms with E-state index in [1.54, 1.807) is 18.7 Å². The first kappa shape index (κ1) is 118. The zero-order valence-corrected chi connectivity index (χ0v) is 82.3. The molecule has 2 aromatic carbocycles. The second-order valence-electron chi connectivity index (χ2n) is 37.7. The smallest absolute Gasteiger partial charge is 0.312 e. The van der Waals surface area contributed by atoms with Crippen LogP contribution in [0.3, 0.4) is 0 Å². The number of aliphatic hydroxyl groups is 17. The highest BCUT2D eigenvalue weighted by molar-refractivity contribution is 5.97. The number of rotatable bonds is 45. The Morgan fingerprint density at radius 3 is 1.39 bits per heavy atom. The summed E-state index contributed by atoms with van der Waals surface area (Å²) >= 11 is 0. The van der Waals surface area contributed by atoms with E-state index >= 15 is 0 Å². The number of amides is 8. The minimum Gasteiger partial charge on any atom is -0.394 e. The lowest BCUT2D eigenvalue weighted by atomic mass is 9.89. The Morgan fingerprint density at radius 1 is 0.459 bits per heavy atom. The highest BCUT2D eigenvalue weighted by Crippen LogP contribution is 2.41. The van der Waals surface area contributed by atoms with Crippen molar-refractivity contribution >= 4 is 52.9 Å². The quantitative estimate of drug-likeness (QED) is 0.0185. The van der Waals surface area contributed by atoms with E-state index in [-0.39, 0.29) is 148 Å². The number of para-hydroxylation sites is 1. The van der Waals surface area contributed by atoms with Crippen molar-refractivity contribution < 1.29 is 206 Å². The summed E-state index contributed by atoms with van der Waals surface area (Å²) in [6.07, 6.45) is -59.8. The molecule has 3 aromatic rings. The van der Waals surface area contributed by atoms with E-state index in [1.807, 2.05) is 48.5 Å². The zero-order chi connectivity index (χ0) is 107. The van der Waals surface area contributed by atoms with Gasteiger partial charge in [-0.05, 0) is 81.0 Å². The highest BCUT2D eigenvalue weighted by Gasteiger charge is 2.60. The fourth-order valence-corrected chi connectivity index (χ4v) is 18.8. The fraction of sp³-hybridized carbons (Fsp3) is 0.747. The zero-order valence-electron chi connectivity index (χ0n) is 82.3. The number of aromatic nitrogens is 3. The third kappa shape index (κ3) is 31.2. The van der Waals surface area contributed by atoms with Crippen molar-refractivity contribution in [3.63, 3.8) is 0 Å². The first-order chi connectivity index (χ1) is 71.2. The van der Waals surface area contributed by atoms with Gasteiger partial charge in [0.2, 0.25) is 35.4 Å². The minimum atomic E-state index is -2.29. The second-order valence-corrected chi connectivity index (χ2v) is 37.7. The van der Waals surface area contributed by atoms with Crippen LogP contribution in [0.1, 0.15) is 132 Å². The van der Waals surface area contributed by atoms with Crippen molar-refractivity contribution in [2.75, 3.05) is 124 Å². The number of carbonyl (C=O) groups is 8. The van der Waals surface area contributed by atoms with Crippen LogP contribution in [0.25, 0.3) is 0 Å². The highest BCUT2D eigenvalue weighted by atomic mass is 16.8. The third-order valence-electron chi connectivity index (χ3n) is 27.0. The van der Waals surface area contributed by atoms with E-state index in [2.05, 4.69) is 54.1 Å². The van der Waals surface area contributed by atoms with E-state index < -0.39 is 296 Å². The number of ether oxygens (including phenoxy) is 17. The monoisotopic (exact) mass is 2110 g/mol. The standard InChI is InChI=1S/C95H143N11O42/c1-47(2)67(55(112)38-50(87(129)97-3)17-13-28-100-95(96)131)102-88(130)52(101-64(114)26-30-132-32-34-134-36-37-135-35-33-133-31-29-99-63(113)24-25-66(116)105-39-51-16-8-7-14-48(51)22-23-49-15-9-10-19-53(49)105)18-11-12-27-98-65(115)46-136-56-21-6-4-5-20-54-68(56)103-104-106(54)40-57-81-69(117)75(123)89(137-57)144-82-58(41-107)139-91(77(125)71(82)119)146-84-60(43-109)141-93(79(127)73(84)121)148-86-62(45-111)142-94(80(128)74(86)122)147-85-61(44-110)140-92(78(126)72(85)120)145-83-59(42-108)138-90(143-81)76(124)70(83)118/h7-10,14-16,19,47,50,52,56-62,67,69-86,89-94,107-111,117-128H,4-6,11-13,17-18,20-21,24-46H2,1-3H3,(H,97,129)(H,98,115)(H,99,113)(H,101,114)(H,102,130)(H3,96,100,131)/t50-,52-,56?,57?,58?,59?,60?,61?,62?,67+,69?,70?,71?,72?,73?,74?,75?,76?,77?,78?,79?,80?,81?,82?,83?,84?,85?,86?,89?,90?,91?,92?,93?,94?/m1/s1. The lowest BCUT2D eigenvalue weighted by Crippen LogP contribution is -2.69. The largest absolute Gasteiger partial charge is 0.394 e. The molecule has 8 amide bonds. The van der Waals surface area contributed by atoms with Crippen molar-refractivity contribution in [1.29, 1.82) is 0 Å². The van der Waals surface area contributed by atoms with Crippen LogP contribution in [0.4, 0.5) is 10.5 Å². The van der Waals surface area contributed by atoms with Crippen LogP contribution in [-0.4, -0.2) is 465 Å². The molecule has 53 heteroatoms. The predicted molar refractivity (Wildman–Crippen MR) is 499 cm³/mol. The van der Waals surface area contributed by atoms with Gasteiger partial charge in [0.05, 0.1) is 116 Å². The number of nitrogens with two attached hydrogens (primary N) is 1. The summed E-state index contributed by atoms with van der Waals surface area (Å²) in [6, 6.07) is 11.9. The van der Waals surface area contributed by atoms with Gasteiger partial charge in [-0.25, -0.2) is 9.48 Å². The molecular formula is C95H143N11O42. The molecular weight excluding hydrogens is 1970 g/mol. The Hall–Kier alpha value is -8.46. The molecule has 53 nitrogen and oxygen atoms in total. The first-order valence-electron chi connectivity index (χ1n) is 50.0. The van der Waals surface area contributed by atoms with Crippen molar-refractivity contribution in [2.45, 2.75) is 319 Å². The maximum atomic E-state index is 14.4. The van der Waals surface area contributed by atoms with Crippen LogP contribution in [0, 0.1) is 23.7 Å². The number of unbranched alkanes of at least 4 members (excludes halogenated alkanes) is 1. The summed E-state index contributed by atoms with van der Waals surface area (Å²) in [7, 11) is 1.41. The van der Waals surface area contributed by atoms with E-state index in [0.717, 1.165) is 11.1 Å². The van der Waals surface area contributed by atoms with E-state index in [0.29, 0.717) is 55.6 Å². The molecule has 24 heterocycles. The number of nitrogens with zero attached hydrogens (tertiary/aromatic N) is 4. The number of Topliss-reactive ketones (excluding diaryl/α,β-unsaturated/α-hetero) is 1. The van der Waals surface area contributed by atoms with Crippen LogP contribution < -0.4 is 42.5 Å². The number of nitrogens with one attached hydrogen (secondary N) is 6. The molecule has 0 radical (unpaired) electrons. The lowest BCUT2D eigenvalue weighted by Gasteiger charge is -2.50. The molecule has 1 aliphatic carbocycles. The van der Waals surface area contributed by atoms with E-state index in [1.165, 1.54) is 11.7 Å². The number of benzene rings is 2. The molecule has 24 aliphatic rings. The number of hydrogen-bond acceptors (Lipinski definition) is 44. The number of anilines is 1. The van der Waals surface area contributed by atoms with Gasteiger partial charge in [0.15, 0.2) is 43.5 Å². The predicted octanol–water partition coefficient (Wildman–Crippen LogP) is -9.60. The van der Waals surface area contributed by atoms with Crippen molar-refractivity contribution in [3.8, 4) is 11.8 Å². The van der Waals surface area contributed by atoms with Gasteiger partial charge in [-0.1, -0.05) is 74.1 Å². The van der Waals surface area contributed by atoms with Crippen LogP contribution in [-0.2, 0) is 134 Å². The Labute approximate surface area is 851 Å². The molecule has 0 spiro atoms. The Kier molecular flexibility index (Phi) is 46.3. The molecule has 148 heavy (non-hydrogen) atoms. The van der Waals surface area contributed by atoms with E-state index in [9.17, 15) is 125 Å². The fourth-order valence-electron chi connectivity index (χ4n) is 18.8. The van der Waals surface area contributed by atoms with Crippen molar-refractivity contribution in [2.24, 2.45) is 17.6 Å². The lowest BCUT2D eigenvalue weighted by molar-refractivity contribution is -0.403. The Bertz CT molecular complexity index is 4750. The second kappa shape index (κ2) is 58.0. The van der Waals surface area contributed by atoms with Gasteiger partial charge in [-0.3, -0.25) is 33.6 Å². The average molecular weight is 2110 g/mol. The molecule has 22 fully saturated rings.